The molecular formula is C19H17F5O4. The molecule has 0 aromatic heterocycles. The second-order valence-electron chi connectivity index (χ2n) is 6.79. The van der Waals surface area contributed by atoms with Gasteiger partial charge in [0.1, 0.15) is 11.3 Å². The molecule has 0 N–H and O–H groups in total. The van der Waals surface area contributed by atoms with Crippen LogP contribution < -0.4 is 14.2 Å². The topological polar surface area (TPSA) is 44.8 Å². The van der Waals surface area contributed by atoms with Crippen molar-refractivity contribution in [1.29, 1.82) is 0 Å². The molecule has 0 atom stereocenters. The van der Waals surface area contributed by atoms with E-state index in [0.717, 1.165) is 0 Å². The molecule has 0 saturated heterocycles. The lowest BCUT2D eigenvalue weighted by atomic mass is 9.86. The number of carbonyl (C=O) groups excluding carboxylic acids is 1. The minimum absolute atomic E-state index is 0.0468. The number of hydrogen-bond donors (Lipinski definition) is 0. The highest BCUT2D eigenvalue weighted by atomic mass is 19.2. The van der Waals surface area contributed by atoms with E-state index in [1.165, 1.54) is 20.3 Å². The predicted molar refractivity (Wildman–Crippen MR) is 89.4 cm³/mol. The molecule has 0 aliphatic carbocycles. The van der Waals surface area contributed by atoms with Crippen LogP contribution in [0.2, 0.25) is 0 Å². The number of methoxy groups -OCH3 is 2. The van der Waals surface area contributed by atoms with E-state index >= 15 is 0 Å². The third-order valence-corrected chi connectivity index (χ3v) is 3.89. The summed E-state index contributed by atoms with van der Waals surface area (Å²) in [5.41, 5.74) is -1.71. The first kappa shape index (κ1) is 21.5. The van der Waals surface area contributed by atoms with Crippen molar-refractivity contribution in [3.63, 3.8) is 0 Å². The second-order valence-corrected chi connectivity index (χ2v) is 6.79. The van der Waals surface area contributed by atoms with E-state index in [9.17, 15) is 26.7 Å². The van der Waals surface area contributed by atoms with Crippen molar-refractivity contribution in [2.24, 2.45) is 0 Å². The fourth-order valence-electron chi connectivity index (χ4n) is 2.47. The van der Waals surface area contributed by atoms with Gasteiger partial charge >= 0.3 is 5.97 Å². The maximum atomic E-state index is 13.9. The maximum Gasteiger partial charge on any atom is 0.349 e. The lowest BCUT2D eigenvalue weighted by molar-refractivity contribution is 0.0715. The molecule has 2 rings (SSSR count). The summed E-state index contributed by atoms with van der Waals surface area (Å²) in [5.74, 6) is -13.3. The molecule has 152 valence electrons. The summed E-state index contributed by atoms with van der Waals surface area (Å²) in [6.07, 6.45) is 0. The van der Waals surface area contributed by atoms with E-state index in [1.807, 2.05) is 20.8 Å². The Morgan fingerprint density at radius 2 is 1.32 bits per heavy atom. The SMILES string of the molecule is COc1cc(OC(=O)c2c(F)c(F)c(F)c(F)c2F)c(OC)c(C(C)(C)C)c1. The summed E-state index contributed by atoms with van der Waals surface area (Å²) >= 11 is 0. The highest BCUT2D eigenvalue weighted by molar-refractivity contribution is 5.92. The van der Waals surface area contributed by atoms with E-state index in [1.54, 1.807) is 6.07 Å². The Morgan fingerprint density at radius 1 is 0.821 bits per heavy atom. The molecular weight excluding hydrogens is 387 g/mol. The van der Waals surface area contributed by atoms with Gasteiger partial charge in [-0.05, 0) is 11.5 Å². The number of ether oxygens (including phenoxy) is 3. The summed E-state index contributed by atoms with van der Waals surface area (Å²) in [4.78, 5) is 12.2. The first-order valence-corrected chi connectivity index (χ1v) is 7.94. The van der Waals surface area contributed by atoms with Crippen LogP contribution in [0.25, 0.3) is 0 Å². The normalized spacial score (nSPS) is 11.4. The third-order valence-electron chi connectivity index (χ3n) is 3.89. The van der Waals surface area contributed by atoms with Crippen LogP contribution in [-0.2, 0) is 5.41 Å². The molecule has 0 unspecified atom stereocenters. The molecule has 28 heavy (non-hydrogen) atoms. The Balaban J connectivity index is 2.62. The molecule has 2 aromatic carbocycles. The first-order valence-electron chi connectivity index (χ1n) is 7.94. The molecule has 0 amide bonds. The van der Waals surface area contributed by atoms with Crippen LogP contribution in [-0.4, -0.2) is 20.2 Å². The van der Waals surface area contributed by atoms with Gasteiger partial charge in [-0.1, -0.05) is 20.8 Å². The zero-order chi connectivity index (χ0) is 21.4. The quantitative estimate of drug-likeness (QED) is 0.239. The van der Waals surface area contributed by atoms with Crippen molar-refractivity contribution in [1.82, 2.24) is 0 Å². The largest absolute Gasteiger partial charge is 0.497 e. The Labute approximate surface area is 157 Å². The van der Waals surface area contributed by atoms with Crippen molar-refractivity contribution >= 4 is 5.97 Å². The van der Waals surface area contributed by atoms with Crippen molar-refractivity contribution in [3.8, 4) is 17.2 Å². The van der Waals surface area contributed by atoms with E-state index in [-0.39, 0.29) is 17.2 Å². The lowest BCUT2D eigenvalue weighted by Crippen LogP contribution is -2.19. The second kappa shape index (κ2) is 7.65. The Kier molecular flexibility index (Phi) is 5.86. The standard InChI is InChI=1S/C19H17F5O4/c1-19(2,3)9-6-8(26-4)7-10(17(9)27-5)28-18(25)11-12(20)14(22)16(24)15(23)13(11)21/h6-7H,1-5H3. The monoisotopic (exact) mass is 404 g/mol. The third kappa shape index (κ3) is 3.74. The predicted octanol–water partition coefficient (Wildman–Crippen LogP) is 4.92. The van der Waals surface area contributed by atoms with E-state index in [4.69, 9.17) is 14.2 Å². The van der Waals surface area contributed by atoms with Gasteiger partial charge in [0.25, 0.3) is 0 Å². The van der Waals surface area contributed by atoms with Crippen LogP contribution >= 0.6 is 0 Å². The van der Waals surface area contributed by atoms with Gasteiger partial charge < -0.3 is 14.2 Å². The average Bonchev–Trinajstić information content (AvgIpc) is 2.63. The van der Waals surface area contributed by atoms with Crippen molar-refractivity contribution in [2.45, 2.75) is 26.2 Å². The maximum absolute atomic E-state index is 13.9. The van der Waals surface area contributed by atoms with Crippen LogP contribution in [0.1, 0.15) is 36.7 Å². The van der Waals surface area contributed by atoms with Crippen LogP contribution in [0.15, 0.2) is 12.1 Å². The molecule has 0 heterocycles. The van der Waals surface area contributed by atoms with Gasteiger partial charge in [0.05, 0.1) is 14.2 Å². The molecule has 4 nitrogen and oxygen atoms in total. The smallest absolute Gasteiger partial charge is 0.349 e. The minimum Gasteiger partial charge on any atom is -0.497 e. The van der Waals surface area contributed by atoms with E-state index in [0.29, 0.717) is 5.56 Å². The molecule has 0 aliphatic heterocycles. The molecule has 0 fully saturated rings. The van der Waals surface area contributed by atoms with Crippen molar-refractivity contribution in [2.75, 3.05) is 14.2 Å². The van der Waals surface area contributed by atoms with Crippen molar-refractivity contribution < 1.29 is 41.0 Å². The Bertz CT molecular complexity index is 906. The van der Waals surface area contributed by atoms with Crippen LogP contribution in [0.4, 0.5) is 22.0 Å². The van der Waals surface area contributed by atoms with Gasteiger partial charge in [-0.15, -0.1) is 0 Å². The van der Waals surface area contributed by atoms with Gasteiger partial charge in [-0.25, -0.2) is 26.7 Å². The number of halogens is 5. The first-order chi connectivity index (χ1) is 12.9. The van der Waals surface area contributed by atoms with Gasteiger partial charge in [-0.2, -0.15) is 0 Å². The molecule has 9 heteroatoms. The Hall–Kier alpha value is -2.84. The lowest BCUT2D eigenvalue weighted by Gasteiger charge is -2.24. The summed E-state index contributed by atoms with van der Waals surface area (Å²) in [5, 5.41) is 0. The summed E-state index contributed by atoms with van der Waals surface area (Å²) in [6.45, 7) is 5.46. The number of hydrogen-bond acceptors (Lipinski definition) is 4. The van der Waals surface area contributed by atoms with E-state index in [2.05, 4.69) is 0 Å². The van der Waals surface area contributed by atoms with E-state index < -0.39 is 46.0 Å². The summed E-state index contributed by atoms with van der Waals surface area (Å²) in [7, 11) is 2.61. The average molecular weight is 404 g/mol. The number of carbonyl (C=O) groups is 1. The fraction of sp³-hybridized carbons (Fsp3) is 0.316. The summed E-state index contributed by atoms with van der Waals surface area (Å²) < 4.78 is 83.0. The molecule has 0 radical (unpaired) electrons. The van der Waals surface area contributed by atoms with Crippen LogP contribution in [0.5, 0.6) is 17.2 Å². The molecule has 0 aliphatic rings. The highest BCUT2D eigenvalue weighted by Crippen LogP contribution is 2.42. The number of rotatable bonds is 4. The minimum atomic E-state index is -2.37. The van der Waals surface area contributed by atoms with Gasteiger partial charge in [-0.3, -0.25) is 0 Å². The van der Waals surface area contributed by atoms with Gasteiger partial charge in [0.2, 0.25) is 5.82 Å². The van der Waals surface area contributed by atoms with Crippen LogP contribution in [0.3, 0.4) is 0 Å². The number of benzene rings is 2. The highest BCUT2D eigenvalue weighted by Gasteiger charge is 2.32. The zero-order valence-electron chi connectivity index (χ0n) is 15.7. The molecule has 0 bridgehead atoms. The van der Waals surface area contributed by atoms with Gasteiger partial charge in [0.15, 0.2) is 34.8 Å². The number of esters is 1. The van der Waals surface area contributed by atoms with Crippen LogP contribution in [0, 0.1) is 29.1 Å². The van der Waals surface area contributed by atoms with Crippen molar-refractivity contribution in [3.05, 3.63) is 52.3 Å². The Morgan fingerprint density at radius 3 is 1.75 bits per heavy atom. The molecule has 2 aromatic rings. The fourth-order valence-corrected chi connectivity index (χ4v) is 2.47. The molecule has 0 saturated carbocycles. The molecule has 0 spiro atoms. The summed E-state index contributed by atoms with van der Waals surface area (Å²) in [6, 6.07) is 2.80. The van der Waals surface area contributed by atoms with Gasteiger partial charge in [0, 0.05) is 11.6 Å². The zero-order valence-corrected chi connectivity index (χ0v) is 15.7.